The van der Waals surface area contributed by atoms with Gasteiger partial charge in [-0.15, -0.1) is 0 Å². The zero-order valence-electron chi connectivity index (χ0n) is 13.1. The van der Waals surface area contributed by atoms with Gasteiger partial charge < -0.3 is 5.32 Å². The van der Waals surface area contributed by atoms with E-state index in [1.54, 1.807) is 0 Å². The Kier molecular flexibility index (Phi) is 4.51. The number of alkyl halides is 3. The summed E-state index contributed by atoms with van der Waals surface area (Å²) in [6.07, 6.45) is 0.565. The summed E-state index contributed by atoms with van der Waals surface area (Å²) in [4.78, 5) is 25.6. The third-order valence-electron chi connectivity index (χ3n) is 4.77. The largest absolute Gasteiger partial charge is 0.416 e. The van der Waals surface area contributed by atoms with Gasteiger partial charge in [0, 0.05) is 0 Å². The van der Waals surface area contributed by atoms with Crippen molar-refractivity contribution in [3.63, 3.8) is 0 Å². The number of carbonyl (C=O) groups is 2. The fraction of sp³-hybridized carbons (Fsp3) is 0.529. The lowest BCUT2D eigenvalue weighted by atomic mass is 9.84. The number of imide groups is 1. The highest BCUT2D eigenvalue weighted by Gasteiger charge is 2.42. The minimum atomic E-state index is -4.45. The van der Waals surface area contributed by atoms with Crippen molar-refractivity contribution in [3.05, 3.63) is 35.4 Å². The van der Waals surface area contributed by atoms with Crippen molar-refractivity contribution in [1.29, 1.82) is 0 Å². The molecule has 130 valence electrons. The van der Waals surface area contributed by atoms with Crippen LogP contribution in [0.2, 0.25) is 0 Å². The third-order valence-corrected chi connectivity index (χ3v) is 4.77. The molecule has 1 aromatic rings. The first-order valence-electron chi connectivity index (χ1n) is 8.14. The molecule has 0 bridgehead atoms. The standard InChI is InChI=1S/C17H19F3N2O2/c18-17(19,20)13-8-4-5-11(9-13)10-22-15(23)14(21-16(22)24)12-6-2-1-3-7-12/h4-5,8-9,12,14H,1-3,6-7,10H2,(H,21,24)/t14-/m0/s1. The number of hydrogen-bond acceptors (Lipinski definition) is 2. The Balaban J connectivity index is 1.73. The van der Waals surface area contributed by atoms with E-state index in [4.69, 9.17) is 0 Å². The van der Waals surface area contributed by atoms with Crippen LogP contribution in [0.5, 0.6) is 0 Å². The Morgan fingerprint density at radius 3 is 2.50 bits per heavy atom. The molecule has 0 aromatic heterocycles. The van der Waals surface area contributed by atoms with Gasteiger partial charge in [-0.2, -0.15) is 13.2 Å². The molecule has 1 heterocycles. The summed E-state index contributed by atoms with van der Waals surface area (Å²) >= 11 is 0. The molecule has 7 heteroatoms. The number of halogens is 3. The van der Waals surface area contributed by atoms with E-state index in [2.05, 4.69) is 5.32 Å². The Bertz CT molecular complexity index is 639. The molecular formula is C17H19F3N2O2. The normalized spacial score (nSPS) is 22.8. The van der Waals surface area contributed by atoms with Gasteiger partial charge in [-0.1, -0.05) is 31.4 Å². The van der Waals surface area contributed by atoms with Crippen LogP contribution in [0, 0.1) is 5.92 Å². The maximum Gasteiger partial charge on any atom is 0.416 e. The summed E-state index contributed by atoms with van der Waals surface area (Å²) in [7, 11) is 0. The Hall–Kier alpha value is -2.05. The second-order valence-corrected chi connectivity index (χ2v) is 6.45. The maximum atomic E-state index is 12.8. The van der Waals surface area contributed by atoms with Crippen LogP contribution in [0.3, 0.4) is 0 Å². The Labute approximate surface area is 138 Å². The zero-order valence-corrected chi connectivity index (χ0v) is 13.1. The summed E-state index contributed by atoms with van der Waals surface area (Å²) in [6.45, 7) is -0.141. The quantitative estimate of drug-likeness (QED) is 0.853. The molecule has 1 saturated heterocycles. The summed E-state index contributed by atoms with van der Waals surface area (Å²) in [6, 6.07) is 3.67. The monoisotopic (exact) mass is 340 g/mol. The first kappa shape index (κ1) is 16.8. The summed E-state index contributed by atoms with van der Waals surface area (Å²) in [5, 5.41) is 2.70. The molecule has 3 rings (SSSR count). The highest BCUT2D eigenvalue weighted by atomic mass is 19.4. The summed E-state index contributed by atoms with van der Waals surface area (Å²) < 4.78 is 38.3. The number of amides is 3. The third kappa shape index (κ3) is 3.39. The number of nitrogens with zero attached hydrogens (tertiary/aromatic N) is 1. The molecule has 2 fully saturated rings. The molecule has 1 aromatic carbocycles. The molecule has 1 atom stereocenters. The first-order valence-corrected chi connectivity index (χ1v) is 8.14. The second kappa shape index (κ2) is 6.45. The Morgan fingerprint density at radius 2 is 1.83 bits per heavy atom. The predicted octanol–water partition coefficient (Wildman–Crippen LogP) is 3.71. The molecule has 0 radical (unpaired) electrons. The lowest BCUT2D eigenvalue weighted by Crippen LogP contribution is -2.38. The van der Waals surface area contributed by atoms with Gasteiger partial charge in [-0.3, -0.25) is 9.69 Å². The van der Waals surface area contributed by atoms with Crippen LogP contribution in [-0.4, -0.2) is 22.9 Å². The Morgan fingerprint density at radius 1 is 1.12 bits per heavy atom. The van der Waals surface area contributed by atoms with Crippen LogP contribution in [0.15, 0.2) is 24.3 Å². The molecule has 24 heavy (non-hydrogen) atoms. The summed E-state index contributed by atoms with van der Waals surface area (Å²) in [5.74, 6) is -0.203. The van der Waals surface area contributed by atoms with Crippen molar-refractivity contribution in [2.24, 2.45) is 5.92 Å². The van der Waals surface area contributed by atoms with Crippen molar-refractivity contribution in [3.8, 4) is 0 Å². The number of hydrogen-bond donors (Lipinski definition) is 1. The molecular weight excluding hydrogens is 321 g/mol. The van der Waals surface area contributed by atoms with E-state index in [0.29, 0.717) is 0 Å². The van der Waals surface area contributed by atoms with Gasteiger partial charge >= 0.3 is 12.2 Å². The summed E-state index contributed by atoms with van der Waals surface area (Å²) in [5.41, 5.74) is -0.492. The molecule has 1 saturated carbocycles. The molecule has 4 nitrogen and oxygen atoms in total. The lowest BCUT2D eigenvalue weighted by Gasteiger charge is -2.25. The van der Waals surface area contributed by atoms with Gasteiger partial charge in [0.1, 0.15) is 6.04 Å². The number of rotatable bonds is 3. The zero-order chi connectivity index (χ0) is 17.3. The van der Waals surface area contributed by atoms with E-state index in [1.807, 2.05) is 0 Å². The van der Waals surface area contributed by atoms with Gasteiger partial charge in [0.25, 0.3) is 5.91 Å². The minimum absolute atomic E-state index is 0.127. The molecule has 1 aliphatic carbocycles. The van der Waals surface area contributed by atoms with E-state index in [1.165, 1.54) is 12.1 Å². The van der Waals surface area contributed by atoms with Crippen LogP contribution >= 0.6 is 0 Å². The smallest absolute Gasteiger partial charge is 0.326 e. The van der Waals surface area contributed by atoms with E-state index >= 15 is 0 Å². The van der Waals surface area contributed by atoms with Crippen molar-refractivity contribution in [2.45, 2.75) is 50.9 Å². The minimum Gasteiger partial charge on any atom is -0.326 e. The SMILES string of the molecule is O=C1N[C@@H](C2CCCCC2)C(=O)N1Cc1cccc(C(F)(F)F)c1. The lowest BCUT2D eigenvalue weighted by molar-refractivity contribution is -0.137. The van der Waals surface area contributed by atoms with Crippen LogP contribution in [-0.2, 0) is 17.5 Å². The molecule has 0 spiro atoms. The van der Waals surface area contributed by atoms with E-state index < -0.39 is 23.8 Å². The average molecular weight is 340 g/mol. The van der Waals surface area contributed by atoms with E-state index in [-0.39, 0.29) is 23.9 Å². The van der Waals surface area contributed by atoms with Crippen LogP contribution in [0.1, 0.15) is 43.2 Å². The number of nitrogens with one attached hydrogen (secondary N) is 1. The number of benzene rings is 1. The fourth-order valence-electron chi connectivity index (χ4n) is 3.51. The molecule has 0 unspecified atom stereocenters. The van der Waals surface area contributed by atoms with Crippen molar-refractivity contribution >= 4 is 11.9 Å². The molecule has 3 amide bonds. The van der Waals surface area contributed by atoms with Gasteiger partial charge in [0.2, 0.25) is 0 Å². The van der Waals surface area contributed by atoms with Crippen LogP contribution in [0.25, 0.3) is 0 Å². The molecule has 1 aliphatic heterocycles. The molecule has 2 aliphatic rings. The maximum absolute atomic E-state index is 12.8. The van der Waals surface area contributed by atoms with Crippen LogP contribution < -0.4 is 5.32 Å². The van der Waals surface area contributed by atoms with E-state index in [0.717, 1.165) is 49.1 Å². The highest BCUT2D eigenvalue weighted by molar-refractivity contribution is 6.04. The topological polar surface area (TPSA) is 49.4 Å². The van der Waals surface area contributed by atoms with Gasteiger partial charge in [0.15, 0.2) is 0 Å². The number of urea groups is 1. The van der Waals surface area contributed by atoms with Gasteiger partial charge in [-0.25, -0.2) is 4.79 Å². The second-order valence-electron chi connectivity index (χ2n) is 6.45. The van der Waals surface area contributed by atoms with Crippen molar-refractivity contribution < 1.29 is 22.8 Å². The average Bonchev–Trinajstić information content (AvgIpc) is 2.83. The van der Waals surface area contributed by atoms with Crippen molar-refractivity contribution in [1.82, 2.24) is 10.2 Å². The molecule has 1 N–H and O–H groups in total. The van der Waals surface area contributed by atoms with Gasteiger partial charge in [-0.05, 0) is 36.5 Å². The predicted molar refractivity (Wildman–Crippen MR) is 80.9 cm³/mol. The number of carbonyl (C=O) groups excluding carboxylic acids is 2. The fourth-order valence-corrected chi connectivity index (χ4v) is 3.51. The van der Waals surface area contributed by atoms with Gasteiger partial charge in [0.05, 0.1) is 12.1 Å². The van der Waals surface area contributed by atoms with E-state index in [9.17, 15) is 22.8 Å². The van der Waals surface area contributed by atoms with Crippen molar-refractivity contribution in [2.75, 3.05) is 0 Å². The highest BCUT2D eigenvalue weighted by Crippen LogP contribution is 2.31. The first-order chi connectivity index (χ1) is 11.4. The van der Waals surface area contributed by atoms with Crippen LogP contribution in [0.4, 0.5) is 18.0 Å².